The molecular formula is C17H23NOS2. The third kappa shape index (κ3) is 6.91. The molecule has 0 aliphatic carbocycles. The molecule has 4 heteroatoms. The van der Waals surface area contributed by atoms with E-state index < -0.39 is 0 Å². The van der Waals surface area contributed by atoms with E-state index in [1.165, 1.54) is 5.56 Å². The molecule has 0 atom stereocenters. The molecule has 1 aromatic rings. The number of thioether (sulfide) groups is 1. The molecule has 1 aromatic carbocycles. The van der Waals surface area contributed by atoms with Gasteiger partial charge < -0.3 is 4.90 Å². The molecule has 0 heterocycles. The Labute approximate surface area is 137 Å². The fourth-order valence-electron chi connectivity index (χ4n) is 1.76. The number of carbonyl (C=O) groups is 1. The van der Waals surface area contributed by atoms with Gasteiger partial charge >= 0.3 is 0 Å². The fraction of sp³-hybridized carbons (Fsp3) is 0.412. The average Bonchev–Trinajstić information content (AvgIpc) is 2.48. The van der Waals surface area contributed by atoms with E-state index in [0.29, 0.717) is 6.42 Å². The van der Waals surface area contributed by atoms with E-state index >= 15 is 0 Å². The number of hydrogen-bond donors (Lipinski definition) is 0. The second kappa shape index (κ2) is 9.74. The summed E-state index contributed by atoms with van der Waals surface area (Å²) < 4.78 is 0.885. The summed E-state index contributed by atoms with van der Waals surface area (Å²) in [6.07, 6.45) is 4.05. The van der Waals surface area contributed by atoms with Gasteiger partial charge in [0.2, 0.25) is 0 Å². The van der Waals surface area contributed by atoms with Crippen LogP contribution in [0.25, 0.3) is 6.08 Å². The lowest BCUT2D eigenvalue weighted by atomic mass is 10.1. The van der Waals surface area contributed by atoms with Crippen molar-refractivity contribution in [2.24, 2.45) is 0 Å². The molecule has 0 aromatic heterocycles. The minimum absolute atomic E-state index is 0.144. The summed E-state index contributed by atoms with van der Waals surface area (Å²) in [5.74, 6) is 0.886. The van der Waals surface area contributed by atoms with E-state index in [1.54, 1.807) is 17.8 Å². The maximum atomic E-state index is 11.8. The molecule has 0 saturated heterocycles. The van der Waals surface area contributed by atoms with Gasteiger partial charge in [-0.3, -0.25) is 4.79 Å². The van der Waals surface area contributed by atoms with Gasteiger partial charge in [-0.25, -0.2) is 0 Å². The molecule has 0 aliphatic rings. The number of carbonyl (C=O) groups excluding carboxylic acids is 1. The topological polar surface area (TPSA) is 20.3 Å². The number of nitrogens with zero attached hydrogens (tertiary/aromatic N) is 1. The van der Waals surface area contributed by atoms with Crippen molar-refractivity contribution >= 4 is 40.2 Å². The van der Waals surface area contributed by atoms with E-state index in [9.17, 15) is 4.79 Å². The van der Waals surface area contributed by atoms with Crippen molar-refractivity contribution < 1.29 is 4.79 Å². The molecule has 2 nitrogen and oxygen atoms in total. The van der Waals surface area contributed by atoms with E-state index in [2.05, 4.69) is 25.7 Å². The number of ketones is 1. The van der Waals surface area contributed by atoms with E-state index in [4.69, 9.17) is 12.2 Å². The van der Waals surface area contributed by atoms with Crippen molar-refractivity contribution in [1.29, 1.82) is 0 Å². The van der Waals surface area contributed by atoms with Crippen LogP contribution in [0.2, 0.25) is 0 Å². The number of allylic oxidation sites excluding steroid dienone is 1. The first kappa shape index (κ1) is 17.9. The molecular weight excluding hydrogens is 298 g/mol. The number of hydrogen-bond acceptors (Lipinski definition) is 3. The molecule has 1 rings (SSSR count). The van der Waals surface area contributed by atoms with Gasteiger partial charge in [0.1, 0.15) is 4.32 Å². The Kier molecular flexibility index (Phi) is 8.31. The van der Waals surface area contributed by atoms with Crippen LogP contribution in [-0.2, 0) is 4.79 Å². The van der Waals surface area contributed by atoms with Gasteiger partial charge in [-0.15, -0.1) is 0 Å². The largest absolute Gasteiger partial charge is 0.358 e. The van der Waals surface area contributed by atoms with E-state index in [0.717, 1.165) is 28.7 Å². The predicted octanol–water partition coefficient (Wildman–Crippen LogP) is 4.33. The minimum Gasteiger partial charge on any atom is -0.358 e. The van der Waals surface area contributed by atoms with Crippen molar-refractivity contribution in [2.75, 3.05) is 18.8 Å². The predicted molar refractivity (Wildman–Crippen MR) is 97.8 cm³/mol. The Bertz CT molecular complexity index is 490. The van der Waals surface area contributed by atoms with Gasteiger partial charge in [0.25, 0.3) is 0 Å². The summed E-state index contributed by atoms with van der Waals surface area (Å²) in [6, 6.07) is 8.12. The Morgan fingerprint density at radius 2 is 1.86 bits per heavy atom. The lowest BCUT2D eigenvalue weighted by Gasteiger charge is -2.20. The summed E-state index contributed by atoms with van der Waals surface area (Å²) in [5.41, 5.74) is 2.28. The zero-order chi connectivity index (χ0) is 15.7. The summed E-state index contributed by atoms with van der Waals surface area (Å²) in [4.78, 5) is 13.9. The maximum absolute atomic E-state index is 11.8. The quantitative estimate of drug-likeness (QED) is 0.550. The van der Waals surface area contributed by atoms with Gasteiger partial charge in [-0.1, -0.05) is 59.9 Å². The van der Waals surface area contributed by atoms with Crippen molar-refractivity contribution in [3.63, 3.8) is 0 Å². The molecule has 0 amide bonds. The number of thiocarbonyl (C=S) groups is 1. The first-order chi connectivity index (χ1) is 10.1. The third-order valence-electron chi connectivity index (χ3n) is 3.13. The van der Waals surface area contributed by atoms with Crippen molar-refractivity contribution in [2.45, 2.75) is 27.2 Å². The average molecular weight is 322 g/mol. The van der Waals surface area contributed by atoms with Crippen LogP contribution < -0.4 is 0 Å². The van der Waals surface area contributed by atoms with Crippen molar-refractivity contribution in [1.82, 2.24) is 4.90 Å². The van der Waals surface area contributed by atoms with Crippen LogP contribution >= 0.6 is 24.0 Å². The van der Waals surface area contributed by atoms with E-state index in [-0.39, 0.29) is 5.78 Å². The normalized spacial score (nSPS) is 10.8. The van der Waals surface area contributed by atoms with Gasteiger partial charge in [-0.05, 0) is 32.4 Å². The minimum atomic E-state index is 0.144. The molecule has 21 heavy (non-hydrogen) atoms. The van der Waals surface area contributed by atoms with Crippen LogP contribution in [0.5, 0.6) is 0 Å². The van der Waals surface area contributed by atoms with E-state index in [1.807, 2.05) is 30.3 Å². The molecule has 0 saturated carbocycles. The fourth-order valence-corrected chi connectivity index (χ4v) is 3.19. The van der Waals surface area contributed by atoms with Crippen LogP contribution in [0.3, 0.4) is 0 Å². The highest BCUT2D eigenvalue weighted by molar-refractivity contribution is 8.22. The zero-order valence-electron chi connectivity index (χ0n) is 13.0. The second-order valence-electron chi connectivity index (χ2n) is 4.75. The summed E-state index contributed by atoms with van der Waals surface area (Å²) in [7, 11) is 0. The maximum Gasteiger partial charge on any atom is 0.156 e. The van der Waals surface area contributed by atoms with Crippen LogP contribution in [0.4, 0.5) is 0 Å². The van der Waals surface area contributed by atoms with Gasteiger partial charge in [0, 0.05) is 25.3 Å². The molecule has 0 aliphatic heterocycles. The van der Waals surface area contributed by atoms with Gasteiger partial charge in [0.15, 0.2) is 5.78 Å². The third-order valence-corrected chi connectivity index (χ3v) is 4.66. The lowest BCUT2D eigenvalue weighted by molar-refractivity contribution is -0.114. The molecule has 0 fully saturated rings. The second-order valence-corrected chi connectivity index (χ2v) is 6.48. The Morgan fingerprint density at radius 3 is 2.43 bits per heavy atom. The molecule has 0 radical (unpaired) electrons. The first-order valence-corrected chi connectivity index (χ1v) is 8.65. The number of aryl methyl sites for hydroxylation is 1. The number of benzene rings is 1. The monoisotopic (exact) mass is 321 g/mol. The van der Waals surface area contributed by atoms with Crippen molar-refractivity contribution in [3.8, 4) is 0 Å². The Morgan fingerprint density at radius 1 is 1.24 bits per heavy atom. The molecule has 0 bridgehead atoms. The molecule has 0 spiro atoms. The highest BCUT2D eigenvalue weighted by Gasteiger charge is 2.06. The van der Waals surface area contributed by atoms with Gasteiger partial charge in [-0.2, -0.15) is 0 Å². The zero-order valence-corrected chi connectivity index (χ0v) is 14.6. The van der Waals surface area contributed by atoms with Gasteiger partial charge in [0.05, 0.1) is 0 Å². The van der Waals surface area contributed by atoms with Crippen LogP contribution in [0.1, 0.15) is 31.4 Å². The first-order valence-electron chi connectivity index (χ1n) is 7.26. The highest BCUT2D eigenvalue weighted by atomic mass is 32.2. The summed E-state index contributed by atoms with van der Waals surface area (Å²) >= 11 is 6.93. The Hall–Kier alpha value is -1.13. The highest BCUT2D eigenvalue weighted by Crippen LogP contribution is 2.11. The lowest BCUT2D eigenvalue weighted by Crippen LogP contribution is -2.26. The number of rotatable bonds is 7. The molecule has 114 valence electrons. The summed E-state index contributed by atoms with van der Waals surface area (Å²) in [5, 5.41) is 0. The summed E-state index contributed by atoms with van der Waals surface area (Å²) in [6.45, 7) is 8.07. The Balaban J connectivity index is 2.34. The smallest absolute Gasteiger partial charge is 0.156 e. The van der Waals surface area contributed by atoms with Crippen LogP contribution in [0.15, 0.2) is 30.3 Å². The van der Waals surface area contributed by atoms with Crippen LogP contribution in [-0.4, -0.2) is 33.8 Å². The SMILES string of the molecule is CCN(CC)C(=S)SCCC(=O)/C=C/c1ccc(C)cc1. The molecule has 0 N–H and O–H groups in total. The standard InChI is InChI=1S/C17H23NOS2/c1-4-18(5-2)17(20)21-13-12-16(19)11-10-15-8-6-14(3)7-9-15/h6-11H,4-5,12-13H2,1-3H3/b11-10+. The molecule has 0 unspecified atom stereocenters. The van der Waals surface area contributed by atoms with Crippen molar-refractivity contribution in [3.05, 3.63) is 41.5 Å². The van der Waals surface area contributed by atoms with Crippen LogP contribution in [0, 0.1) is 6.92 Å².